The van der Waals surface area contributed by atoms with Crippen molar-refractivity contribution in [1.29, 1.82) is 0 Å². The third-order valence-electron chi connectivity index (χ3n) is 3.07. The molecule has 2 N–H and O–H groups in total. The van der Waals surface area contributed by atoms with Crippen LogP contribution in [-0.2, 0) is 4.79 Å². The monoisotopic (exact) mass is 298 g/mol. The molecule has 0 saturated carbocycles. The third kappa shape index (κ3) is 5.90. The average Bonchev–Trinajstić information content (AvgIpc) is 2.39. The molecule has 5 heteroatoms. The average molecular weight is 299 g/mol. The summed E-state index contributed by atoms with van der Waals surface area (Å²) in [6.07, 6.45) is 0.958. The molecule has 1 unspecified atom stereocenters. The lowest BCUT2D eigenvalue weighted by Gasteiger charge is -2.21. The van der Waals surface area contributed by atoms with E-state index in [4.69, 9.17) is 16.7 Å². The van der Waals surface area contributed by atoms with Gasteiger partial charge in [0, 0.05) is 11.6 Å². The van der Waals surface area contributed by atoms with E-state index in [0.29, 0.717) is 18.1 Å². The number of carbonyl (C=O) groups excluding carboxylic acids is 1. The van der Waals surface area contributed by atoms with Gasteiger partial charge in [-0.05, 0) is 37.6 Å². The number of halogens is 1. The van der Waals surface area contributed by atoms with Crippen molar-refractivity contribution in [2.45, 2.75) is 26.3 Å². The molecule has 0 aliphatic rings. The fourth-order valence-electron chi connectivity index (χ4n) is 2.05. The maximum atomic E-state index is 12.0. The molecule has 0 aliphatic heterocycles. The number of hydrogen-bond acceptors (Lipinski definition) is 3. The highest BCUT2D eigenvalue weighted by atomic mass is 35.5. The minimum Gasteiger partial charge on any atom is -0.395 e. The van der Waals surface area contributed by atoms with Gasteiger partial charge >= 0.3 is 0 Å². The Labute approximate surface area is 125 Å². The molecule has 1 aromatic rings. The predicted octanol–water partition coefficient (Wildman–Crippen LogP) is 2.22. The van der Waals surface area contributed by atoms with Crippen molar-refractivity contribution < 1.29 is 9.90 Å². The van der Waals surface area contributed by atoms with Gasteiger partial charge in [-0.3, -0.25) is 9.69 Å². The van der Waals surface area contributed by atoms with E-state index in [1.54, 1.807) is 0 Å². The Morgan fingerprint density at radius 2 is 2.00 bits per heavy atom. The molecular formula is C15H23ClN2O2. The molecule has 4 nitrogen and oxygen atoms in total. The number of amides is 1. The molecule has 0 spiro atoms. The molecule has 0 radical (unpaired) electrons. The lowest BCUT2D eigenvalue weighted by Crippen LogP contribution is -2.39. The van der Waals surface area contributed by atoms with Crippen LogP contribution in [0.1, 0.15) is 31.9 Å². The fraction of sp³-hybridized carbons (Fsp3) is 0.533. The van der Waals surface area contributed by atoms with E-state index in [-0.39, 0.29) is 18.6 Å². The molecule has 0 heterocycles. The summed E-state index contributed by atoms with van der Waals surface area (Å²) in [6, 6.07) is 7.39. The number of carbonyl (C=O) groups is 1. The number of rotatable bonds is 8. The molecule has 20 heavy (non-hydrogen) atoms. The van der Waals surface area contributed by atoms with Gasteiger partial charge in [-0.15, -0.1) is 0 Å². The zero-order valence-corrected chi connectivity index (χ0v) is 12.9. The Bertz CT molecular complexity index is 403. The number of benzene rings is 1. The van der Waals surface area contributed by atoms with Gasteiger partial charge in [-0.25, -0.2) is 0 Å². The second kappa shape index (κ2) is 8.95. The number of hydrogen-bond donors (Lipinski definition) is 2. The Morgan fingerprint density at radius 3 is 2.55 bits per heavy atom. The molecule has 0 fully saturated rings. The van der Waals surface area contributed by atoms with Gasteiger partial charge in [0.2, 0.25) is 5.91 Å². The summed E-state index contributed by atoms with van der Waals surface area (Å²) in [7, 11) is 0. The summed E-state index contributed by atoms with van der Waals surface area (Å²) in [5, 5.41) is 12.6. The summed E-state index contributed by atoms with van der Waals surface area (Å²) in [4.78, 5) is 13.9. The Balaban J connectivity index is 2.49. The van der Waals surface area contributed by atoms with Crippen LogP contribution in [0.5, 0.6) is 0 Å². The molecule has 0 saturated heterocycles. The summed E-state index contributed by atoms with van der Waals surface area (Å²) < 4.78 is 0. The van der Waals surface area contributed by atoms with Gasteiger partial charge in [0.05, 0.1) is 19.2 Å². The van der Waals surface area contributed by atoms with Gasteiger partial charge in [-0.1, -0.05) is 30.7 Å². The molecule has 1 atom stereocenters. The van der Waals surface area contributed by atoms with Crippen molar-refractivity contribution in [1.82, 2.24) is 10.2 Å². The number of nitrogens with zero attached hydrogens (tertiary/aromatic N) is 1. The van der Waals surface area contributed by atoms with Gasteiger partial charge in [0.15, 0.2) is 0 Å². The Morgan fingerprint density at radius 1 is 1.35 bits per heavy atom. The third-order valence-corrected chi connectivity index (χ3v) is 3.32. The quantitative estimate of drug-likeness (QED) is 0.774. The molecule has 0 aliphatic carbocycles. The van der Waals surface area contributed by atoms with Crippen molar-refractivity contribution >= 4 is 17.5 Å². The van der Waals surface area contributed by atoms with E-state index in [9.17, 15) is 4.79 Å². The molecule has 0 bridgehead atoms. The smallest absolute Gasteiger partial charge is 0.234 e. The fourth-order valence-corrected chi connectivity index (χ4v) is 2.18. The van der Waals surface area contributed by atoms with Crippen LogP contribution in [0.15, 0.2) is 24.3 Å². The van der Waals surface area contributed by atoms with Gasteiger partial charge in [0.1, 0.15) is 0 Å². The maximum Gasteiger partial charge on any atom is 0.234 e. The van der Waals surface area contributed by atoms with E-state index < -0.39 is 0 Å². The molecule has 112 valence electrons. The van der Waals surface area contributed by atoms with Gasteiger partial charge in [0.25, 0.3) is 0 Å². The minimum absolute atomic E-state index is 0.0330. The maximum absolute atomic E-state index is 12.0. The van der Waals surface area contributed by atoms with Crippen LogP contribution in [0.2, 0.25) is 5.02 Å². The highest BCUT2D eigenvalue weighted by Crippen LogP contribution is 2.15. The van der Waals surface area contributed by atoms with E-state index in [1.807, 2.05) is 36.1 Å². The second-order valence-electron chi connectivity index (χ2n) is 4.84. The summed E-state index contributed by atoms with van der Waals surface area (Å²) >= 11 is 5.84. The van der Waals surface area contributed by atoms with Crippen LogP contribution in [-0.4, -0.2) is 42.2 Å². The van der Waals surface area contributed by atoms with Crippen LogP contribution >= 0.6 is 11.6 Å². The molecular weight excluding hydrogens is 276 g/mol. The summed E-state index contributed by atoms with van der Waals surface area (Å²) in [5.74, 6) is -0.0330. The first-order chi connectivity index (χ1) is 9.56. The molecule has 1 aromatic carbocycles. The van der Waals surface area contributed by atoms with E-state index in [0.717, 1.165) is 18.5 Å². The lowest BCUT2D eigenvalue weighted by molar-refractivity contribution is -0.123. The number of aliphatic hydroxyl groups excluding tert-OH is 1. The summed E-state index contributed by atoms with van der Waals surface area (Å²) in [6.45, 7) is 5.71. The number of aliphatic hydroxyl groups is 1. The van der Waals surface area contributed by atoms with Crippen LogP contribution in [0.3, 0.4) is 0 Å². The topological polar surface area (TPSA) is 52.6 Å². The normalized spacial score (nSPS) is 12.4. The van der Waals surface area contributed by atoms with Crippen LogP contribution in [0, 0.1) is 0 Å². The first-order valence-electron chi connectivity index (χ1n) is 6.94. The standard InChI is InChI=1S/C15H23ClN2O2/c1-3-8-18(9-10-19)11-15(20)17-12(2)13-4-6-14(16)7-5-13/h4-7,12,19H,3,8-11H2,1-2H3,(H,17,20). The number of nitrogens with one attached hydrogen (secondary N) is 1. The van der Waals surface area contributed by atoms with Crippen molar-refractivity contribution in [3.05, 3.63) is 34.9 Å². The van der Waals surface area contributed by atoms with Crippen LogP contribution in [0.25, 0.3) is 0 Å². The van der Waals surface area contributed by atoms with E-state index in [1.165, 1.54) is 0 Å². The van der Waals surface area contributed by atoms with Gasteiger partial charge in [-0.2, -0.15) is 0 Å². The zero-order valence-electron chi connectivity index (χ0n) is 12.1. The first-order valence-corrected chi connectivity index (χ1v) is 7.32. The van der Waals surface area contributed by atoms with Crippen LogP contribution in [0.4, 0.5) is 0 Å². The molecule has 1 amide bonds. The van der Waals surface area contributed by atoms with E-state index in [2.05, 4.69) is 12.2 Å². The largest absolute Gasteiger partial charge is 0.395 e. The second-order valence-corrected chi connectivity index (χ2v) is 5.28. The van der Waals surface area contributed by atoms with Crippen molar-refractivity contribution in [2.24, 2.45) is 0 Å². The van der Waals surface area contributed by atoms with E-state index >= 15 is 0 Å². The SMILES string of the molecule is CCCN(CCO)CC(=O)NC(C)c1ccc(Cl)cc1. The summed E-state index contributed by atoms with van der Waals surface area (Å²) in [5.41, 5.74) is 1.02. The van der Waals surface area contributed by atoms with Crippen LogP contribution < -0.4 is 5.32 Å². The zero-order chi connectivity index (χ0) is 15.0. The molecule has 0 aromatic heterocycles. The minimum atomic E-state index is -0.0580. The highest BCUT2D eigenvalue weighted by molar-refractivity contribution is 6.30. The Kier molecular flexibility index (Phi) is 7.59. The van der Waals surface area contributed by atoms with Gasteiger partial charge < -0.3 is 10.4 Å². The first kappa shape index (κ1) is 17.0. The Hall–Kier alpha value is -1.10. The predicted molar refractivity (Wildman–Crippen MR) is 81.8 cm³/mol. The highest BCUT2D eigenvalue weighted by Gasteiger charge is 2.13. The lowest BCUT2D eigenvalue weighted by atomic mass is 10.1. The van der Waals surface area contributed by atoms with Crippen molar-refractivity contribution in [2.75, 3.05) is 26.2 Å². The van der Waals surface area contributed by atoms with Crippen molar-refractivity contribution in [3.63, 3.8) is 0 Å². The molecule has 1 rings (SSSR count). The van der Waals surface area contributed by atoms with Crippen molar-refractivity contribution in [3.8, 4) is 0 Å².